The maximum atomic E-state index is 9.98. The number of nitrogens with zero attached hydrogens (tertiary/aromatic N) is 1. The van der Waals surface area contributed by atoms with E-state index >= 15 is 0 Å². The lowest BCUT2D eigenvalue weighted by molar-refractivity contribution is 0.0845. The molecule has 2 N–H and O–H groups in total. The fraction of sp³-hybridized carbons (Fsp3) is 0.750. The van der Waals surface area contributed by atoms with Crippen LogP contribution in [0.1, 0.15) is 37.4 Å². The number of thiazole rings is 1. The zero-order chi connectivity index (χ0) is 12.9. The molecule has 3 nitrogen and oxygen atoms in total. The largest absolute Gasteiger partial charge is 0.388 e. The van der Waals surface area contributed by atoms with Crippen LogP contribution in [0.4, 0.5) is 0 Å². The van der Waals surface area contributed by atoms with Crippen LogP contribution in [0.2, 0.25) is 0 Å². The predicted octanol–water partition coefficient (Wildman–Crippen LogP) is 2.47. The Bertz CT molecular complexity index is 337. The van der Waals surface area contributed by atoms with Crippen LogP contribution >= 0.6 is 23.1 Å². The third-order valence-corrected chi connectivity index (χ3v) is 4.44. The number of thioether (sulfide) groups is 1. The highest BCUT2D eigenvalue weighted by atomic mass is 32.2. The highest BCUT2D eigenvalue weighted by molar-refractivity contribution is 7.98. The van der Waals surface area contributed by atoms with Crippen molar-refractivity contribution in [2.75, 3.05) is 18.6 Å². The molecule has 17 heavy (non-hydrogen) atoms. The first-order valence-corrected chi connectivity index (χ1v) is 8.08. The maximum Gasteiger partial charge on any atom is 0.0954 e. The second kappa shape index (κ2) is 6.73. The lowest BCUT2D eigenvalue weighted by Crippen LogP contribution is -2.39. The lowest BCUT2D eigenvalue weighted by atomic mass is 10.1. The summed E-state index contributed by atoms with van der Waals surface area (Å²) in [4.78, 5) is 4.54. The number of rotatable bonds is 7. The van der Waals surface area contributed by atoms with Gasteiger partial charge in [0.05, 0.1) is 16.3 Å². The molecule has 1 aromatic rings. The standard InChI is InChI=1S/C12H22N2OS2/c1-9(2)11-14-10(6-17-11)5-13-7-12(3,15)8-16-4/h6,9,13,15H,5,7-8H2,1-4H3. The topological polar surface area (TPSA) is 45.1 Å². The van der Waals surface area contributed by atoms with Crippen LogP contribution in [0.25, 0.3) is 0 Å². The van der Waals surface area contributed by atoms with Crippen LogP contribution in [-0.2, 0) is 6.54 Å². The molecule has 0 spiro atoms. The Morgan fingerprint density at radius 3 is 2.82 bits per heavy atom. The van der Waals surface area contributed by atoms with Crippen molar-refractivity contribution >= 4 is 23.1 Å². The van der Waals surface area contributed by atoms with Crippen molar-refractivity contribution in [1.82, 2.24) is 10.3 Å². The van der Waals surface area contributed by atoms with Gasteiger partial charge < -0.3 is 10.4 Å². The molecule has 0 aliphatic heterocycles. The second-order valence-electron chi connectivity index (χ2n) is 4.87. The Kier molecular flexibility index (Phi) is 5.92. The van der Waals surface area contributed by atoms with Crippen LogP contribution in [0.15, 0.2) is 5.38 Å². The van der Waals surface area contributed by atoms with Gasteiger partial charge in [0.15, 0.2) is 0 Å². The smallest absolute Gasteiger partial charge is 0.0954 e. The first kappa shape index (κ1) is 15.0. The van der Waals surface area contributed by atoms with Crippen molar-refractivity contribution in [1.29, 1.82) is 0 Å². The molecule has 0 saturated carbocycles. The molecule has 1 atom stereocenters. The van der Waals surface area contributed by atoms with Gasteiger partial charge in [-0.2, -0.15) is 11.8 Å². The summed E-state index contributed by atoms with van der Waals surface area (Å²) < 4.78 is 0. The average Bonchev–Trinajstić information content (AvgIpc) is 2.66. The molecule has 5 heteroatoms. The van der Waals surface area contributed by atoms with E-state index in [-0.39, 0.29) is 0 Å². The average molecular weight is 274 g/mol. The molecule has 1 aromatic heterocycles. The molecule has 0 bridgehead atoms. The van der Waals surface area contributed by atoms with Crippen LogP contribution in [0, 0.1) is 0 Å². The Balaban J connectivity index is 2.35. The lowest BCUT2D eigenvalue weighted by Gasteiger charge is -2.22. The van der Waals surface area contributed by atoms with E-state index in [0.29, 0.717) is 12.5 Å². The van der Waals surface area contributed by atoms with Crippen molar-refractivity contribution in [2.45, 2.75) is 38.8 Å². The third kappa shape index (κ3) is 5.38. The van der Waals surface area contributed by atoms with Crippen molar-refractivity contribution in [3.63, 3.8) is 0 Å². The van der Waals surface area contributed by atoms with Crippen LogP contribution < -0.4 is 5.32 Å². The summed E-state index contributed by atoms with van der Waals surface area (Å²) in [6, 6.07) is 0. The minimum absolute atomic E-state index is 0.494. The first-order valence-electron chi connectivity index (χ1n) is 5.81. The molecule has 0 fully saturated rings. The van der Waals surface area contributed by atoms with Gasteiger partial charge >= 0.3 is 0 Å². The summed E-state index contributed by atoms with van der Waals surface area (Å²) in [6.45, 7) is 7.49. The van der Waals surface area contributed by atoms with Gasteiger partial charge in [-0.3, -0.25) is 0 Å². The van der Waals surface area contributed by atoms with Gasteiger partial charge in [0.1, 0.15) is 0 Å². The molecule has 0 saturated heterocycles. The molecular weight excluding hydrogens is 252 g/mol. The third-order valence-electron chi connectivity index (χ3n) is 2.33. The van der Waals surface area contributed by atoms with Gasteiger partial charge in [-0.1, -0.05) is 13.8 Å². The van der Waals surface area contributed by atoms with Gasteiger partial charge in [-0.15, -0.1) is 11.3 Å². The number of hydrogen-bond donors (Lipinski definition) is 2. The summed E-state index contributed by atoms with van der Waals surface area (Å²) in [5, 5.41) is 16.5. The zero-order valence-electron chi connectivity index (χ0n) is 11.0. The minimum Gasteiger partial charge on any atom is -0.388 e. The van der Waals surface area contributed by atoms with Crippen LogP contribution in [0.3, 0.4) is 0 Å². The summed E-state index contributed by atoms with van der Waals surface area (Å²) in [5.74, 6) is 1.24. The SMILES string of the molecule is CSCC(C)(O)CNCc1csc(C(C)C)n1. The Morgan fingerprint density at radius 2 is 2.29 bits per heavy atom. The van der Waals surface area contributed by atoms with E-state index in [1.807, 2.05) is 13.2 Å². The van der Waals surface area contributed by atoms with Crippen molar-refractivity contribution in [2.24, 2.45) is 0 Å². The van der Waals surface area contributed by atoms with E-state index in [1.165, 1.54) is 5.01 Å². The second-order valence-corrected chi connectivity index (χ2v) is 6.62. The van der Waals surface area contributed by atoms with Gasteiger partial charge in [-0.25, -0.2) is 4.98 Å². The van der Waals surface area contributed by atoms with Gasteiger partial charge in [-0.05, 0) is 13.2 Å². The van der Waals surface area contributed by atoms with Crippen molar-refractivity contribution in [3.8, 4) is 0 Å². The van der Waals surface area contributed by atoms with Crippen molar-refractivity contribution in [3.05, 3.63) is 16.1 Å². The van der Waals surface area contributed by atoms with Crippen LogP contribution in [-0.4, -0.2) is 34.2 Å². The summed E-state index contributed by atoms with van der Waals surface area (Å²) in [5.41, 5.74) is 0.426. The van der Waals surface area contributed by atoms with E-state index in [0.717, 1.165) is 18.0 Å². The van der Waals surface area contributed by atoms with E-state index in [4.69, 9.17) is 0 Å². The van der Waals surface area contributed by atoms with Gasteiger partial charge in [0, 0.05) is 30.1 Å². The molecule has 0 aliphatic carbocycles. The van der Waals surface area contributed by atoms with E-state index < -0.39 is 5.60 Å². The molecule has 1 unspecified atom stereocenters. The van der Waals surface area contributed by atoms with Gasteiger partial charge in [0.25, 0.3) is 0 Å². The number of nitrogens with one attached hydrogen (secondary N) is 1. The highest BCUT2D eigenvalue weighted by Crippen LogP contribution is 2.19. The molecular formula is C12H22N2OS2. The minimum atomic E-state index is -0.643. The van der Waals surface area contributed by atoms with E-state index in [9.17, 15) is 5.11 Å². The molecule has 0 amide bonds. The zero-order valence-corrected chi connectivity index (χ0v) is 12.6. The molecule has 1 rings (SSSR count). The number of hydrogen-bond acceptors (Lipinski definition) is 5. The summed E-state index contributed by atoms with van der Waals surface area (Å²) in [7, 11) is 0. The normalized spacial score (nSPS) is 15.2. The van der Waals surface area contributed by atoms with Gasteiger partial charge in [0.2, 0.25) is 0 Å². The van der Waals surface area contributed by atoms with E-state index in [2.05, 4.69) is 29.5 Å². The Labute approximate surface area is 112 Å². The monoisotopic (exact) mass is 274 g/mol. The molecule has 1 heterocycles. The van der Waals surface area contributed by atoms with Crippen LogP contribution in [0.5, 0.6) is 0 Å². The molecule has 0 aliphatic rings. The number of aromatic nitrogens is 1. The van der Waals surface area contributed by atoms with Crippen molar-refractivity contribution < 1.29 is 5.11 Å². The Hall–Kier alpha value is -0.100. The summed E-state index contributed by atoms with van der Waals surface area (Å²) >= 11 is 3.37. The molecule has 0 radical (unpaired) electrons. The first-order chi connectivity index (χ1) is 7.94. The Morgan fingerprint density at radius 1 is 1.59 bits per heavy atom. The fourth-order valence-electron chi connectivity index (χ4n) is 1.49. The molecule has 98 valence electrons. The number of aliphatic hydroxyl groups is 1. The predicted molar refractivity (Wildman–Crippen MR) is 76.9 cm³/mol. The maximum absolute atomic E-state index is 9.98. The summed E-state index contributed by atoms with van der Waals surface area (Å²) in [6.07, 6.45) is 2.00. The quantitative estimate of drug-likeness (QED) is 0.802. The fourth-order valence-corrected chi connectivity index (χ4v) is 3.05. The molecule has 0 aromatic carbocycles. The van der Waals surface area contributed by atoms with E-state index in [1.54, 1.807) is 23.1 Å². The highest BCUT2D eigenvalue weighted by Gasteiger charge is 2.18.